The largest absolute Gasteiger partial charge is 0.389 e. The summed E-state index contributed by atoms with van der Waals surface area (Å²) in [6, 6.07) is 31.9. The lowest BCUT2D eigenvalue weighted by atomic mass is 9.67. The van der Waals surface area contributed by atoms with Gasteiger partial charge in [0.15, 0.2) is 0 Å². The molecule has 1 heterocycles. The maximum atomic E-state index is 12.1. The number of nitrogens with one attached hydrogen (secondary N) is 1. The van der Waals surface area contributed by atoms with Crippen molar-refractivity contribution in [2.24, 2.45) is 5.92 Å². The first kappa shape index (κ1) is 19.9. The Balaban J connectivity index is 1.75. The monoisotopic (exact) mass is 385 g/mol. The van der Waals surface area contributed by atoms with E-state index in [1.54, 1.807) is 0 Å². The van der Waals surface area contributed by atoms with E-state index in [1.165, 1.54) is 16.7 Å². The lowest BCUT2D eigenvalue weighted by Gasteiger charge is -2.49. The molecular weight excluding hydrogens is 354 g/mol. The number of piperidine rings is 1. The van der Waals surface area contributed by atoms with Crippen LogP contribution in [0.4, 0.5) is 0 Å². The summed E-state index contributed by atoms with van der Waals surface area (Å²) in [4.78, 5) is 0. The molecule has 2 N–H and O–H groups in total. The van der Waals surface area contributed by atoms with E-state index in [0.29, 0.717) is 6.42 Å². The van der Waals surface area contributed by atoms with E-state index < -0.39 is 5.60 Å². The molecule has 2 nitrogen and oxygen atoms in total. The van der Waals surface area contributed by atoms with Crippen LogP contribution in [0.15, 0.2) is 91.0 Å². The minimum atomic E-state index is -0.760. The van der Waals surface area contributed by atoms with Crippen LogP contribution < -0.4 is 5.32 Å². The zero-order valence-corrected chi connectivity index (χ0v) is 17.2. The zero-order valence-electron chi connectivity index (χ0n) is 17.2. The topological polar surface area (TPSA) is 32.3 Å². The number of aliphatic hydroxyl groups is 1. The van der Waals surface area contributed by atoms with Crippen LogP contribution >= 0.6 is 0 Å². The van der Waals surface area contributed by atoms with E-state index in [2.05, 4.69) is 97.2 Å². The van der Waals surface area contributed by atoms with Crippen molar-refractivity contribution in [2.75, 3.05) is 0 Å². The predicted molar refractivity (Wildman–Crippen MR) is 120 cm³/mol. The van der Waals surface area contributed by atoms with Gasteiger partial charge in [0.25, 0.3) is 0 Å². The third-order valence-electron chi connectivity index (χ3n) is 6.34. The highest BCUT2D eigenvalue weighted by molar-refractivity contribution is 5.28. The molecule has 0 bridgehead atoms. The van der Waals surface area contributed by atoms with Gasteiger partial charge in [-0.15, -0.1) is 0 Å². The van der Waals surface area contributed by atoms with E-state index in [4.69, 9.17) is 0 Å². The predicted octanol–water partition coefficient (Wildman–Crippen LogP) is 5.85. The molecule has 0 saturated carbocycles. The summed E-state index contributed by atoms with van der Waals surface area (Å²) in [6.07, 6.45) is 3.47. The van der Waals surface area contributed by atoms with E-state index in [1.807, 2.05) is 6.07 Å². The van der Waals surface area contributed by atoms with Crippen molar-refractivity contribution in [3.05, 3.63) is 108 Å². The summed E-state index contributed by atoms with van der Waals surface area (Å²) in [5.74, 6) is 0.162. The van der Waals surface area contributed by atoms with Gasteiger partial charge in [-0.25, -0.2) is 0 Å². The van der Waals surface area contributed by atoms with Crippen LogP contribution in [0.25, 0.3) is 0 Å². The van der Waals surface area contributed by atoms with Crippen molar-refractivity contribution in [3.8, 4) is 0 Å². The first-order valence-electron chi connectivity index (χ1n) is 10.8. The van der Waals surface area contributed by atoms with Crippen molar-refractivity contribution >= 4 is 0 Å². The summed E-state index contributed by atoms with van der Waals surface area (Å²) in [6.45, 7) is 2.22. The smallest absolute Gasteiger partial charge is 0.0752 e. The molecule has 4 rings (SSSR count). The SMILES string of the molecule is CCC[C@H]1[C@H](c2ccccc2)N[C@H](c2ccccc2)C[C@]1(O)Cc1ccccc1. The number of rotatable bonds is 6. The highest BCUT2D eigenvalue weighted by atomic mass is 16.3. The molecule has 1 fully saturated rings. The molecule has 0 aliphatic carbocycles. The second-order valence-corrected chi connectivity index (χ2v) is 8.38. The Morgan fingerprint density at radius 1 is 0.828 bits per heavy atom. The van der Waals surface area contributed by atoms with Crippen LogP contribution in [-0.2, 0) is 6.42 Å². The molecule has 1 saturated heterocycles. The Hall–Kier alpha value is -2.42. The molecular formula is C27H31NO. The summed E-state index contributed by atoms with van der Waals surface area (Å²) in [5.41, 5.74) is 2.95. The van der Waals surface area contributed by atoms with Gasteiger partial charge in [-0.1, -0.05) is 104 Å². The minimum Gasteiger partial charge on any atom is -0.389 e. The molecule has 3 aromatic carbocycles. The lowest BCUT2D eigenvalue weighted by molar-refractivity contribution is -0.0780. The molecule has 0 unspecified atom stereocenters. The molecule has 4 atom stereocenters. The maximum absolute atomic E-state index is 12.1. The van der Waals surface area contributed by atoms with Gasteiger partial charge < -0.3 is 10.4 Å². The van der Waals surface area contributed by atoms with Gasteiger partial charge in [-0.05, 0) is 29.5 Å². The number of hydrogen-bond donors (Lipinski definition) is 2. The Labute approximate surface area is 174 Å². The van der Waals surface area contributed by atoms with Crippen molar-refractivity contribution in [2.45, 2.75) is 50.3 Å². The van der Waals surface area contributed by atoms with Gasteiger partial charge in [0.1, 0.15) is 0 Å². The summed E-state index contributed by atoms with van der Waals surface area (Å²) >= 11 is 0. The summed E-state index contributed by atoms with van der Waals surface area (Å²) < 4.78 is 0. The highest BCUT2D eigenvalue weighted by Crippen LogP contribution is 2.46. The minimum absolute atomic E-state index is 0.128. The molecule has 0 aromatic heterocycles. The van der Waals surface area contributed by atoms with Crippen molar-refractivity contribution in [1.29, 1.82) is 0 Å². The molecule has 3 aromatic rings. The second-order valence-electron chi connectivity index (χ2n) is 8.38. The fourth-order valence-corrected chi connectivity index (χ4v) is 4.99. The van der Waals surface area contributed by atoms with Crippen molar-refractivity contribution < 1.29 is 5.11 Å². The molecule has 150 valence electrons. The Kier molecular flexibility index (Phi) is 6.13. The van der Waals surface area contributed by atoms with Crippen LogP contribution in [-0.4, -0.2) is 10.7 Å². The molecule has 0 spiro atoms. The van der Waals surface area contributed by atoms with Crippen LogP contribution in [0, 0.1) is 5.92 Å². The fourth-order valence-electron chi connectivity index (χ4n) is 4.99. The number of hydrogen-bond acceptors (Lipinski definition) is 2. The second kappa shape index (κ2) is 8.94. The van der Waals surface area contributed by atoms with Crippen LogP contribution in [0.2, 0.25) is 0 Å². The zero-order chi connectivity index (χ0) is 20.1. The van der Waals surface area contributed by atoms with Gasteiger partial charge in [-0.3, -0.25) is 0 Å². The Bertz CT molecular complexity index is 880. The molecule has 2 heteroatoms. The van der Waals surface area contributed by atoms with Gasteiger partial charge in [-0.2, -0.15) is 0 Å². The average Bonchev–Trinajstić information content (AvgIpc) is 2.77. The van der Waals surface area contributed by atoms with Crippen LogP contribution in [0.5, 0.6) is 0 Å². The maximum Gasteiger partial charge on any atom is 0.0752 e. The highest BCUT2D eigenvalue weighted by Gasteiger charge is 2.47. The van der Waals surface area contributed by atoms with Gasteiger partial charge in [0.2, 0.25) is 0 Å². The molecule has 1 aliphatic heterocycles. The standard InChI is InChI=1S/C27H31NO/c1-2-12-24-26(23-17-10-5-11-18-23)28-25(22-15-8-4-9-16-22)20-27(24,29)19-21-13-6-3-7-14-21/h3-11,13-18,24-26,28-29H,2,12,19-20H2,1H3/t24-,25-,26-,27+/m0/s1. The normalized spacial score (nSPS) is 26.9. The van der Waals surface area contributed by atoms with Gasteiger partial charge >= 0.3 is 0 Å². The van der Waals surface area contributed by atoms with E-state index in [0.717, 1.165) is 19.3 Å². The first-order valence-corrected chi connectivity index (χ1v) is 10.8. The third-order valence-corrected chi connectivity index (χ3v) is 6.34. The fraction of sp³-hybridized carbons (Fsp3) is 0.333. The lowest BCUT2D eigenvalue weighted by Crippen LogP contribution is -2.54. The summed E-state index contributed by atoms with van der Waals surface area (Å²) in [7, 11) is 0. The van der Waals surface area contributed by atoms with Crippen molar-refractivity contribution in [3.63, 3.8) is 0 Å². The third kappa shape index (κ3) is 4.44. The van der Waals surface area contributed by atoms with E-state index >= 15 is 0 Å². The Morgan fingerprint density at radius 2 is 1.38 bits per heavy atom. The first-order chi connectivity index (χ1) is 14.2. The van der Waals surface area contributed by atoms with Gasteiger partial charge in [0.05, 0.1) is 5.60 Å². The summed E-state index contributed by atoms with van der Waals surface area (Å²) in [5, 5.41) is 16.0. The Morgan fingerprint density at radius 3 is 1.97 bits per heavy atom. The van der Waals surface area contributed by atoms with Gasteiger partial charge in [0, 0.05) is 24.4 Å². The molecule has 1 aliphatic rings. The number of benzene rings is 3. The quantitative estimate of drug-likeness (QED) is 0.558. The molecule has 29 heavy (non-hydrogen) atoms. The van der Waals surface area contributed by atoms with E-state index in [9.17, 15) is 5.11 Å². The molecule has 0 radical (unpaired) electrons. The van der Waals surface area contributed by atoms with Crippen molar-refractivity contribution in [1.82, 2.24) is 5.32 Å². The molecule has 0 amide bonds. The van der Waals surface area contributed by atoms with Crippen LogP contribution in [0.3, 0.4) is 0 Å². The van der Waals surface area contributed by atoms with Crippen LogP contribution in [0.1, 0.15) is 55.0 Å². The average molecular weight is 386 g/mol. The van der Waals surface area contributed by atoms with E-state index in [-0.39, 0.29) is 18.0 Å².